The average Bonchev–Trinajstić information content (AvgIpc) is 3.53. The summed E-state index contributed by atoms with van der Waals surface area (Å²) in [6, 6.07) is 66.5. The molecule has 0 aromatic heterocycles. The van der Waals surface area contributed by atoms with Gasteiger partial charge in [-0.05, 0) is 69.8 Å². The summed E-state index contributed by atoms with van der Waals surface area (Å²) in [6.45, 7) is 6.08. The summed E-state index contributed by atoms with van der Waals surface area (Å²) in [4.78, 5) is 6.23. The largest absolute Gasteiger partial charge is 0.872 e. The van der Waals surface area contributed by atoms with Crippen LogP contribution in [0.15, 0.2) is 218 Å². The molecule has 0 saturated heterocycles. The second-order valence-electron chi connectivity index (χ2n) is 19.0. The number of methoxy groups -OCH3 is 2. The smallest absolute Gasteiger partial charge is 0.168 e. The Balaban J connectivity index is 0.000000268. The van der Waals surface area contributed by atoms with E-state index in [2.05, 4.69) is 23.8 Å². The molecule has 0 saturated carbocycles. The van der Waals surface area contributed by atoms with Crippen molar-refractivity contribution in [3.63, 3.8) is 0 Å². The van der Waals surface area contributed by atoms with E-state index in [0.717, 1.165) is 72.2 Å². The van der Waals surface area contributed by atoms with Crippen LogP contribution in [0.1, 0.15) is 140 Å². The predicted molar refractivity (Wildman–Crippen MR) is 319 cm³/mol. The Kier molecular flexibility index (Phi) is 35.0. The summed E-state index contributed by atoms with van der Waals surface area (Å²) < 4.78 is 9.92. The third-order valence-corrected chi connectivity index (χ3v) is 12.8. The Labute approximate surface area is 513 Å². The van der Waals surface area contributed by atoms with Crippen molar-refractivity contribution in [1.29, 1.82) is 0 Å². The van der Waals surface area contributed by atoms with Crippen LogP contribution in [-0.2, 0) is 0 Å². The predicted octanol–water partition coefficient (Wildman–Crippen LogP) is 8.67. The van der Waals surface area contributed by atoms with Gasteiger partial charge < -0.3 is 50.3 Å². The van der Waals surface area contributed by atoms with Crippen LogP contribution < -0.4 is 29.7 Å². The Morgan fingerprint density at radius 3 is 0.768 bits per heavy atom. The van der Waals surface area contributed by atoms with Crippen molar-refractivity contribution in [3.8, 4) is 23.0 Å². The molecule has 0 amide bonds. The molecule has 0 heterocycles. The number of ether oxygens (including phenoxy) is 2. The number of benzene rings is 8. The summed E-state index contributed by atoms with van der Waals surface area (Å²) in [6.07, 6.45) is 5.18. The molecule has 0 aliphatic carbocycles. The molecule has 8 N–H and O–H groups in total. The number of aliphatic hydroxyl groups excluding tert-OH is 6. The first kappa shape index (κ1) is 69.5. The van der Waals surface area contributed by atoms with Crippen molar-refractivity contribution in [1.82, 2.24) is 0 Å². The Morgan fingerprint density at radius 1 is 0.366 bits per heavy atom. The van der Waals surface area contributed by atoms with Crippen molar-refractivity contribution < 1.29 is 95.9 Å². The van der Waals surface area contributed by atoms with E-state index >= 15 is 0 Å². The van der Waals surface area contributed by atoms with Gasteiger partial charge in [0.15, 0.2) is 12.4 Å². The molecule has 13 heteroatoms. The molecule has 8 rings (SSSR count). The van der Waals surface area contributed by atoms with E-state index in [9.17, 15) is 40.9 Å². The zero-order chi connectivity index (χ0) is 58.5. The standard InChI is InChI=1S/3C15H16O2.2C12H17NO2.La/c3*16-14(12-7-3-1-4-8-12)11-15(17)13-9-5-2-6-10-13;2*1-3-4-7-13-9-10-5-6-11(15-2)8-12(10)14;/h3*1-10,14-17H,11H2;2*5-6,8-9,14H,3-4,7H2,1-2H3;. The molecule has 8 aromatic rings. The second kappa shape index (κ2) is 41.3. The van der Waals surface area contributed by atoms with Crippen LogP contribution in [0.5, 0.6) is 23.0 Å². The fraction of sp³-hybridized carbons (Fsp3) is 0.275. The van der Waals surface area contributed by atoms with E-state index in [0.29, 0.717) is 41.9 Å². The fourth-order valence-electron chi connectivity index (χ4n) is 7.95. The Bertz CT molecular complexity index is 2520. The maximum absolute atomic E-state index is 11.5. The normalized spacial score (nSPS) is 12.8. The van der Waals surface area contributed by atoms with Gasteiger partial charge in [0.05, 0.1) is 50.8 Å². The van der Waals surface area contributed by atoms with Crippen molar-refractivity contribution in [2.45, 2.75) is 95.4 Å². The van der Waals surface area contributed by atoms with Gasteiger partial charge in [-0.25, -0.2) is 9.98 Å². The van der Waals surface area contributed by atoms with Crippen molar-refractivity contribution >= 4 is 12.4 Å². The van der Waals surface area contributed by atoms with Gasteiger partial charge in [0.2, 0.25) is 0 Å². The van der Waals surface area contributed by atoms with Crippen molar-refractivity contribution in [2.24, 2.45) is 0 Å². The van der Waals surface area contributed by atoms with E-state index in [1.54, 1.807) is 50.9 Å². The van der Waals surface area contributed by atoms with Crippen LogP contribution in [-0.4, -0.2) is 70.4 Å². The number of hydrogen-bond acceptors (Lipinski definition) is 10. The minimum Gasteiger partial charge on any atom is -0.872 e. The van der Waals surface area contributed by atoms with Gasteiger partial charge in [0.25, 0.3) is 0 Å². The maximum atomic E-state index is 11.5. The molecular formula is C69H82LaN2O10. The first-order valence-corrected chi connectivity index (χ1v) is 27.6. The number of unbranched alkanes of at least 4 members (excludes halogenated alkanes) is 2. The van der Waals surface area contributed by atoms with Crippen LogP contribution in [0.4, 0.5) is 0 Å². The molecule has 0 aliphatic rings. The molecule has 0 spiro atoms. The van der Waals surface area contributed by atoms with Gasteiger partial charge in [0.1, 0.15) is 24.6 Å². The van der Waals surface area contributed by atoms with E-state index < -0.39 is 36.6 Å². The van der Waals surface area contributed by atoms with Gasteiger partial charge in [-0.3, -0.25) is 0 Å². The minimum atomic E-state index is -0.633. The molecule has 8 aromatic carbocycles. The molecule has 1 radical (unpaired) electrons. The zero-order valence-corrected chi connectivity index (χ0v) is 51.3. The molecular weight excluding hydrogens is 1160 g/mol. The molecule has 6 atom stereocenters. The average molecular weight is 1240 g/mol. The molecule has 431 valence electrons. The van der Waals surface area contributed by atoms with Crippen molar-refractivity contribution in [2.75, 3.05) is 27.3 Å². The van der Waals surface area contributed by atoms with E-state index in [1.165, 1.54) is 12.1 Å². The summed E-state index contributed by atoms with van der Waals surface area (Å²) in [5.74, 6) is 1.17. The summed E-state index contributed by atoms with van der Waals surface area (Å²) >= 11 is 0. The number of nitrogens with one attached hydrogen (secondary N) is 2. The number of hydrogen-bond donors (Lipinski definition) is 8. The first-order chi connectivity index (χ1) is 39.4. The SMILES string of the molecule is CCCC[NH+]=Cc1ccc(OC)cc1[O-].CCCC[NH+]=Cc1ccc(OC)cc1[O-].OC(CC(O)c1ccccc1)c1ccccc1.OC(CC(O)c1ccccc1)c1ccccc1.OC(CC(O)c1ccccc1)c1ccccc1.[La]. The van der Waals surface area contributed by atoms with Crippen LogP contribution >= 0.6 is 0 Å². The van der Waals surface area contributed by atoms with Crippen LogP contribution in [0.2, 0.25) is 0 Å². The quantitative estimate of drug-likeness (QED) is 0.0239. The monoisotopic (exact) mass is 1240 g/mol. The van der Waals surface area contributed by atoms with Gasteiger partial charge >= 0.3 is 0 Å². The summed E-state index contributed by atoms with van der Waals surface area (Å²) in [7, 11) is 3.11. The van der Waals surface area contributed by atoms with E-state index in [1.807, 2.05) is 182 Å². The second-order valence-corrected chi connectivity index (χ2v) is 19.0. The van der Waals surface area contributed by atoms with Gasteiger partial charge in [-0.1, -0.05) is 220 Å². The number of rotatable bonds is 22. The molecule has 0 aliphatic heterocycles. The Hall–Kier alpha value is -6.75. The van der Waals surface area contributed by atoms with Gasteiger partial charge in [-0.15, -0.1) is 0 Å². The molecule has 0 bridgehead atoms. The van der Waals surface area contributed by atoms with E-state index in [-0.39, 0.29) is 47.1 Å². The van der Waals surface area contributed by atoms with Crippen molar-refractivity contribution in [3.05, 3.63) is 263 Å². The first-order valence-electron chi connectivity index (χ1n) is 27.6. The maximum Gasteiger partial charge on any atom is 0.168 e. The molecule has 82 heavy (non-hydrogen) atoms. The van der Waals surface area contributed by atoms with Crippen LogP contribution in [0, 0.1) is 35.6 Å². The minimum absolute atomic E-state index is 0. The van der Waals surface area contributed by atoms with Crippen LogP contribution in [0.25, 0.3) is 0 Å². The molecule has 6 unspecified atom stereocenters. The Morgan fingerprint density at radius 2 is 0.585 bits per heavy atom. The molecule has 0 fully saturated rings. The van der Waals surface area contributed by atoms with Crippen LogP contribution in [0.3, 0.4) is 0 Å². The van der Waals surface area contributed by atoms with Gasteiger partial charge in [-0.2, -0.15) is 0 Å². The van der Waals surface area contributed by atoms with E-state index in [4.69, 9.17) is 9.47 Å². The third kappa shape index (κ3) is 26.9. The molecule has 12 nitrogen and oxygen atoms in total. The number of aliphatic hydroxyl groups is 6. The zero-order valence-electron chi connectivity index (χ0n) is 47.7. The third-order valence-electron chi connectivity index (χ3n) is 12.8. The summed E-state index contributed by atoms with van der Waals surface area (Å²) in [5, 5.41) is 83.0. The summed E-state index contributed by atoms with van der Waals surface area (Å²) in [5.41, 5.74) is 6.36. The topological polar surface area (TPSA) is 214 Å². The van der Waals surface area contributed by atoms with Gasteiger partial charge in [0, 0.05) is 78.8 Å². The fourth-order valence-corrected chi connectivity index (χ4v) is 7.95.